The number of benzene rings is 2. The van der Waals surface area contributed by atoms with Crippen molar-refractivity contribution in [3.8, 4) is 11.5 Å². The lowest BCUT2D eigenvalue weighted by Gasteiger charge is -2.12. The Labute approximate surface area is 186 Å². The van der Waals surface area contributed by atoms with Crippen molar-refractivity contribution < 1.29 is 19.1 Å². The molecule has 0 saturated carbocycles. The van der Waals surface area contributed by atoms with Gasteiger partial charge in [0.05, 0.1) is 18.7 Å². The third-order valence-electron chi connectivity index (χ3n) is 3.82. The molecule has 2 amide bonds. The minimum atomic E-state index is -0.291. The van der Waals surface area contributed by atoms with Crippen LogP contribution in [0.4, 0.5) is 10.5 Å². The largest absolute Gasteiger partial charge is 0.493 e. The lowest BCUT2D eigenvalue weighted by Crippen LogP contribution is -2.16. The van der Waals surface area contributed by atoms with Crippen molar-refractivity contribution in [2.75, 3.05) is 33.1 Å². The first kappa shape index (κ1) is 23.6. The summed E-state index contributed by atoms with van der Waals surface area (Å²) in [6, 6.07) is 10.5. The molecular formula is C22H25ClN2O4S. The highest BCUT2D eigenvalue weighted by Crippen LogP contribution is 2.36. The van der Waals surface area contributed by atoms with Gasteiger partial charge in [0.15, 0.2) is 11.5 Å². The summed E-state index contributed by atoms with van der Waals surface area (Å²) < 4.78 is 11.0. The molecule has 0 aliphatic heterocycles. The van der Waals surface area contributed by atoms with Crippen molar-refractivity contribution in [2.24, 2.45) is 0 Å². The molecule has 6 nitrogen and oxygen atoms in total. The first-order valence-corrected chi connectivity index (χ1v) is 10.5. The van der Waals surface area contributed by atoms with E-state index in [2.05, 4.69) is 5.32 Å². The second kappa shape index (κ2) is 11.5. The van der Waals surface area contributed by atoms with Gasteiger partial charge in [-0.25, -0.2) is 0 Å². The topological polar surface area (TPSA) is 67.9 Å². The molecule has 0 aliphatic rings. The average molecular weight is 449 g/mol. The number of amides is 2. The number of nitrogens with one attached hydrogen (secondary N) is 1. The number of rotatable bonds is 8. The predicted octanol–water partition coefficient (Wildman–Crippen LogP) is 5.56. The highest BCUT2D eigenvalue weighted by molar-refractivity contribution is 8.13. The highest BCUT2D eigenvalue weighted by Gasteiger charge is 2.11. The summed E-state index contributed by atoms with van der Waals surface area (Å²) in [7, 11) is 4.94. The van der Waals surface area contributed by atoms with Gasteiger partial charge in [0, 0.05) is 30.8 Å². The van der Waals surface area contributed by atoms with Crippen LogP contribution in [0.15, 0.2) is 47.4 Å². The van der Waals surface area contributed by atoms with Crippen LogP contribution in [0.25, 0.3) is 6.08 Å². The van der Waals surface area contributed by atoms with E-state index in [-0.39, 0.29) is 11.1 Å². The standard InChI is InChI=1S/C22H25ClN2O4S/c1-5-12-29-21-18(23)13-15(14-19(21)28-4)6-11-20(26)24-16-7-9-17(10-8-16)30-22(27)25(2)3/h6-11,13-14H,5,12H2,1-4H3,(H,24,26)/b11-6+. The molecule has 0 aliphatic carbocycles. The average Bonchev–Trinajstić information content (AvgIpc) is 2.72. The molecule has 0 saturated heterocycles. The fourth-order valence-corrected chi connectivity index (χ4v) is 3.26. The van der Waals surface area contributed by atoms with Crippen LogP contribution in [0.5, 0.6) is 11.5 Å². The maximum Gasteiger partial charge on any atom is 0.285 e. The second-order valence-corrected chi connectivity index (χ2v) is 7.92. The Morgan fingerprint density at radius 3 is 2.50 bits per heavy atom. The summed E-state index contributed by atoms with van der Waals surface area (Å²) in [6.45, 7) is 2.54. The van der Waals surface area contributed by atoms with Gasteiger partial charge in [-0.15, -0.1) is 0 Å². The number of carbonyl (C=O) groups is 2. The predicted molar refractivity (Wildman–Crippen MR) is 123 cm³/mol. The minimum Gasteiger partial charge on any atom is -0.493 e. The normalized spacial score (nSPS) is 10.7. The Morgan fingerprint density at radius 2 is 1.90 bits per heavy atom. The number of methoxy groups -OCH3 is 1. The van der Waals surface area contributed by atoms with Crippen LogP contribution < -0.4 is 14.8 Å². The van der Waals surface area contributed by atoms with Gasteiger partial charge in [0.1, 0.15) is 0 Å². The lowest BCUT2D eigenvalue weighted by molar-refractivity contribution is -0.111. The van der Waals surface area contributed by atoms with E-state index >= 15 is 0 Å². The maximum absolute atomic E-state index is 12.2. The van der Waals surface area contributed by atoms with Crippen molar-refractivity contribution in [3.05, 3.63) is 53.1 Å². The molecule has 0 spiro atoms. The van der Waals surface area contributed by atoms with Gasteiger partial charge in [-0.1, -0.05) is 18.5 Å². The van der Waals surface area contributed by atoms with Crippen LogP contribution in [-0.4, -0.2) is 43.9 Å². The van der Waals surface area contributed by atoms with E-state index in [4.69, 9.17) is 21.1 Å². The van der Waals surface area contributed by atoms with Gasteiger partial charge in [-0.3, -0.25) is 9.59 Å². The van der Waals surface area contributed by atoms with Crippen LogP contribution in [0.3, 0.4) is 0 Å². The van der Waals surface area contributed by atoms with E-state index in [1.807, 2.05) is 6.92 Å². The van der Waals surface area contributed by atoms with Crippen molar-refractivity contribution in [2.45, 2.75) is 18.2 Å². The molecular weight excluding hydrogens is 424 g/mol. The van der Waals surface area contributed by atoms with Crippen molar-refractivity contribution in [1.29, 1.82) is 0 Å². The Kier molecular flexibility index (Phi) is 9.08. The van der Waals surface area contributed by atoms with Crippen LogP contribution in [0.1, 0.15) is 18.9 Å². The monoisotopic (exact) mass is 448 g/mol. The lowest BCUT2D eigenvalue weighted by atomic mass is 10.2. The Hall–Kier alpha value is -2.64. The van der Waals surface area contributed by atoms with Crippen LogP contribution >= 0.6 is 23.4 Å². The molecule has 2 aromatic rings. The molecule has 160 valence electrons. The Balaban J connectivity index is 2.02. The van der Waals surface area contributed by atoms with E-state index in [0.29, 0.717) is 34.4 Å². The van der Waals surface area contributed by atoms with Crippen molar-refractivity contribution in [1.82, 2.24) is 4.90 Å². The van der Waals surface area contributed by atoms with Gasteiger partial charge in [-0.05, 0) is 66.2 Å². The SMILES string of the molecule is CCCOc1c(Cl)cc(/C=C/C(=O)Nc2ccc(SC(=O)N(C)C)cc2)cc1OC. The summed E-state index contributed by atoms with van der Waals surface area (Å²) in [5, 5.41) is 3.14. The van der Waals surface area contributed by atoms with Gasteiger partial charge >= 0.3 is 0 Å². The molecule has 1 N–H and O–H groups in total. The van der Waals surface area contributed by atoms with E-state index in [0.717, 1.165) is 23.1 Å². The zero-order chi connectivity index (χ0) is 22.1. The number of nitrogens with zero attached hydrogens (tertiary/aromatic N) is 1. The van der Waals surface area contributed by atoms with Gasteiger partial charge < -0.3 is 19.7 Å². The van der Waals surface area contributed by atoms with Gasteiger partial charge in [-0.2, -0.15) is 0 Å². The Bertz CT molecular complexity index is 914. The number of hydrogen-bond acceptors (Lipinski definition) is 5. The minimum absolute atomic E-state index is 0.0603. The molecule has 0 heterocycles. The van der Waals surface area contributed by atoms with Gasteiger partial charge in [0.25, 0.3) is 5.24 Å². The summed E-state index contributed by atoms with van der Waals surface area (Å²) in [6.07, 6.45) is 3.91. The number of halogens is 1. The molecule has 0 unspecified atom stereocenters. The third-order valence-corrected chi connectivity index (χ3v) is 5.15. The maximum atomic E-state index is 12.2. The van der Waals surface area contributed by atoms with E-state index in [1.54, 1.807) is 63.7 Å². The fourth-order valence-electron chi connectivity index (χ4n) is 2.33. The molecule has 30 heavy (non-hydrogen) atoms. The summed E-state index contributed by atoms with van der Waals surface area (Å²) in [5.41, 5.74) is 1.34. The fraction of sp³-hybridized carbons (Fsp3) is 0.273. The first-order chi connectivity index (χ1) is 14.3. The second-order valence-electron chi connectivity index (χ2n) is 6.49. The first-order valence-electron chi connectivity index (χ1n) is 9.32. The van der Waals surface area contributed by atoms with Crippen molar-refractivity contribution in [3.63, 3.8) is 0 Å². The van der Waals surface area contributed by atoms with E-state index < -0.39 is 0 Å². The number of ether oxygens (including phenoxy) is 2. The van der Waals surface area contributed by atoms with E-state index in [9.17, 15) is 9.59 Å². The zero-order valence-corrected chi connectivity index (χ0v) is 19.0. The van der Waals surface area contributed by atoms with Gasteiger partial charge in [0.2, 0.25) is 5.91 Å². The molecule has 2 rings (SSSR count). The molecule has 0 aromatic heterocycles. The molecule has 2 aromatic carbocycles. The number of carbonyl (C=O) groups excluding carboxylic acids is 2. The highest BCUT2D eigenvalue weighted by atomic mass is 35.5. The smallest absolute Gasteiger partial charge is 0.285 e. The van der Waals surface area contributed by atoms with E-state index in [1.165, 1.54) is 11.0 Å². The molecule has 0 radical (unpaired) electrons. The zero-order valence-electron chi connectivity index (χ0n) is 17.4. The summed E-state index contributed by atoms with van der Waals surface area (Å²) >= 11 is 7.42. The molecule has 0 atom stereocenters. The number of anilines is 1. The molecule has 0 fully saturated rings. The number of thioether (sulfide) groups is 1. The van der Waals surface area contributed by atoms with Crippen LogP contribution in [0.2, 0.25) is 5.02 Å². The summed E-state index contributed by atoms with van der Waals surface area (Å²) in [4.78, 5) is 26.3. The van der Waals surface area contributed by atoms with Crippen LogP contribution in [0, 0.1) is 0 Å². The molecule has 0 bridgehead atoms. The quantitative estimate of drug-likeness (QED) is 0.422. The molecule has 8 heteroatoms. The van der Waals surface area contributed by atoms with Crippen molar-refractivity contribution >= 4 is 46.3 Å². The third kappa shape index (κ3) is 7.00. The van der Waals surface area contributed by atoms with Crippen LogP contribution in [-0.2, 0) is 4.79 Å². The number of hydrogen-bond donors (Lipinski definition) is 1. The summed E-state index contributed by atoms with van der Waals surface area (Å²) in [5.74, 6) is 0.714. The Morgan fingerprint density at radius 1 is 1.20 bits per heavy atom.